The lowest BCUT2D eigenvalue weighted by Gasteiger charge is -2.31. The van der Waals surface area contributed by atoms with Gasteiger partial charge in [0.2, 0.25) is 0 Å². The van der Waals surface area contributed by atoms with E-state index in [-0.39, 0.29) is 0 Å². The van der Waals surface area contributed by atoms with Gasteiger partial charge in [0.05, 0.1) is 5.71 Å². The van der Waals surface area contributed by atoms with Crippen LogP contribution in [0.1, 0.15) is 18.9 Å². The number of hydrogen-bond acceptors (Lipinski definition) is 4. The van der Waals surface area contributed by atoms with Gasteiger partial charge in [0.25, 0.3) is 0 Å². The third kappa shape index (κ3) is 2.58. The molecule has 2 rings (SSSR count). The van der Waals surface area contributed by atoms with Gasteiger partial charge in [-0.1, -0.05) is 18.1 Å². The molecule has 0 radical (unpaired) electrons. The highest BCUT2D eigenvalue weighted by atomic mass is 16.4. The van der Waals surface area contributed by atoms with Crippen molar-refractivity contribution in [2.24, 2.45) is 11.1 Å². The third-order valence-corrected chi connectivity index (χ3v) is 3.04. The molecule has 1 aromatic rings. The highest BCUT2D eigenvalue weighted by Gasteiger charge is 2.22. The van der Waals surface area contributed by atoms with E-state index < -0.39 is 0 Å². The zero-order valence-electron chi connectivity index (χ0n) is 9.50. The Bertz CT molecular complexity index is 364. The maximum Gasteiger partial charge on any atom is 0.0624 e. The fraction of sp³-hybridized carbons (Fsp3) is 0.500. The first-order valence-electron chi connectivity index (χ1n) is 5.61. The van der Waals surface area contributed by atoms with Gasteiger partial charge in [0, 0.05) is 44.4 Å². The Balaban J connectivity index is 1.94. The van der Waals surface area contributed by atoms with E-state index in [0.29, 0.717) is 5.92 Å². The second-order valence-electron chi connectivity index (χ2n) is 4.34. The van der Waals surface area contributed by atoms with E-state index in [2.05, 4.69) is 28.0 Å². The number of rotatable bonds is 2. The summed E-state index contributed by atoms with van der Waals surface area (Å²) in [5.41, 5.74) is 2.15. The third-order valence-electron chi connectivity index (χ3n) is 3.04. The van der Waals surface area contributed by atoms with Crippen LogP contribution in [-0.4, -0.2) is 33.9 Å². The van der Waals surface area contributed by atoms with Crippen molar-refractivity contribution >= 4 is 5.71 Å². The summed E-state index contributed by atoms with van der Waals surface area (Å²) in [6.07, 6.45) is 4.55. The van der Waals surface area contributed by atoms with E-state index in [4.69, 9.17) is 5.21 Å². The predicted octanol–water partition coefficient (Wildman–Crippen LogP) is 1.75. The van der Waals surface area contributed by atoms with Crippen LogP contribution in [0.2, 0.25) is 0 Å². The molecule has 0 bridgehead atoms. The molecule has 1 N–H and O–H groups in total. The molecule has 0 saturated carbocycles. The van der Waals surface area contributed by atoms with Gasteiger partial charge in [-0.2, -0.15) is 0 Å². The molecule has 2 heterocycles. The summed E-state index contributed by atoms with van der Waals surface area (Å²) in [5, 5.41) is 12.1. The van der Waals surface area contributed by atoms with Crippen LogP contribution in [0.15, 0.2) is 29.7 Å². The van der Waals surface area contributed by atoms with Crippen LogP contribution in [0.25, 0.3) is 0 Å². The summed E-state index contributed by atoms with van der Waals surface area (Å²) in [7, 11) is 0. The van der Waals surface area contributed by atoms with Crippen molar-refractivity contribution in [1.82, 2.24) is 9.88 Å². The lowest BCUT2D eigenvalue weighted by molar-refractivity contribution is 0.228. The summed E-state index contributed by atoms with van der Waals surface area (Å²) in [6.45, 7) is 4.94. The van der Waals surface area contributed by atoms with Gasteiger partial charge < -0.3 is 5.21 Å². The quantitative estimate of drug-likeness (QED) is 0.609. The molecule has 4 nitrogen and oxygen atoms in total. The predicted molar refractivity (Wildman–Crippen MR) is 62.5 cm³/mol. The van der Waals surface area contributed by atoms with Gasteiger partial charge in [-0.15, -0.1) is 0 Å². The van der Waals surface area contributed by atoms with E-state index in [9.17, 15) is 0 Å². The Hall–Kier alpha value is -1.42. The molecule has 1 atom stereocenters. The number of piperidine rings is 1. The van der Waals surface area contributed by atoms with Crippen LogP contribution in [-0.2, 0) is 6.54 Å². The molecule has 0 aliphatic carbocycles. The van der Waals surface area contributed by atoms with Crippen LogP contribution in [0.4, 0.5) is 0 Å². The summed E-state index contributed by atoms with van der Waals surface area (Å²) in [5.74, 6) is 0.343. The van der Waals surface area contributed by atoms with Crippen molar-refractivity contribution in [3.05, 3.63) is 30.1 Å². The molecule has 86 valence electrons. The van der Waals surface area contributed by atoms with Gasteiger partial charge in [0.1, 0.15) is 0 Å². The molecule has 1 fully saturated rings. The zero-order valence-corrected chi connectivity index (χ0v) is 9.50. The van der Waals surface area contributed by atoms with E-state index in [1.54, 1.807) is 6.20 Å². The summed E-state index contributed by atoms with van der Waals surface area (Å²) in [6, 6.07) is 4.05. The molecule has 0 spiro atoms. The highest BCUT2D eigenvalue weighted by Crippen LogP contribution is 2.15. The summed E-state index contributed by atoms with van der Waals surface area (Å²) < 4.78 is 0. The molecule has 4 heteroatoms. The average Bonchev–Trinajstić information content (AvgIpc) is 2.31. The number of hydrogen-bond donors (Lipinski definition) is 1. The Kier molecular flexibility index (Phi) is 3.51. The van der Waals surface area contributed by atoms with E-state index >= 15 is 0 Å². The molecule has 16 heavy (non-hydrogen) atoms. The Labute approximate surface area is 95.6 Å². The Morgan fingerprint density at radius 1 is 1.62 bits per heavy atom. The first-order chi connectivity index (χ1) is 7.79. The van der Waals surface area contributed by atoms with Crippen LogP contribution in [0, 0.1) is 5.92 Å². The summed E-state index contributed by atoms with van der Waals surface area (Å²) >= 11 is 0. The van der Waals surface area contributed by atoms with Crippen molar-refractivity contribution < 1.29 is 5.21 Å². The Morgan fingerprint density at radius 3 is 3.12 bits per heavy atom. The minimum Gasteiger partial charge on any atom is -0.411 e. The lowest BCUT2D eigenvalue weighted by atomic mass is 9.97. The van der Waals surface area contributed by atoms with Crippen molar-refractivity contribution in [3.63, 3.8) is 0 Å². The van der Waals surface area contributed by atoms with Gasteiger partial charge in [-0.05, 0) is 11.6 Å². The average molecular weight is 219 g/mol. The van der Waals surface area contributed by atoms with Crippen LogP contribution >= 0.6 is 0 Å². The minimum atomic E-state index is 0.343. The van der Waals surface area contributed by atoms with Crippen LogP contribution < -0.4 is 0 Å². The van der Waals surface area contributed by atoms with Crippen molar-refractivity contribution in [3.8, 4) is 0 Å². The number of pyridine rings is 1. The molecule has 0 aromatic carbocycles. The molecule has 1 unspecified atom stereocenters. The molecular formula is C12H17N3O. The topological polar surface area (TPSA) is 48.7 Å². The fourth-order valence-corrected chi connectivity index (χ4v) is 2.15. The normalized spacial score (nSPS) is 24.8. The maximum absolute atomic E-state index is 8.80. The van der Waals surface area contributed by atoms with Crippen LogP contribution in [0.3, 0.4) is 0 Å². The molecule has 1 saturated heterocycles. The number of oxime groups is 1. The zero-order chi connectivity index (χ0) is 11.4. The van der Waals surface area contributed by atoms with Gasteiger partial charge in [0.15, 0.2) is 0 Å². The smallest absolute Gasteiger partial charge is 0.0624 e. The standard InChI is InChI=1S/C12H17N3O/c1-10-8-15(6-4-12(10)14-16)9-11-3-2-5-13-7-11/h2-3,5,7,10,16H,4,6,8-9H2,1H3/b14-12+. The first kappa shape index (κ1) is 11.1. The monoisotopic (exact) mass is 219 g/mol. The molecule has 0 amide bonds. The van der Waals surface area contributed by atoms with E-state index in [1.807, 2.05) is 12.3 Å². The Morgan fingerprint density at radius 2 is 2.50 bits per heavy atom. The lowest BCUT2D eigenvalue weighted by Crippen LogP contribution is -2.39. The van der Waals surface area contributed by atoms with E-state index in [0.717, 1.165) is 31.8 Å². The molecule has 1 aromatic heterocycles. The SMILES string of the molecule is CC1CN(Cc2cccnc2)CC/C1=N\O. The first-order valence-corrected chi connectivity index (χ1v) is 5.61. The fourth-order valence-electron chi connectivity index (χ4n) is 2.15. The van der Waals surface area contributed by atoms with Gasteiger partial charge in [-0.3, -0.25) is 9.88 Å². The minimum absolute atomic E-state index is 0.343. The van der Waals surface area contributed by atoms with Crippen molar-refractivity contribution in [1.29, 1.82) is 0 Å². The van der Waals surface area contributed by atoms with Crippen molar-refractivity contribution in [2.45, 2.75) is 19.9 Å². The molecule has 1 aliphatic heterocycles. The van der Waals surface area contributed by atoms with Gasteiger partial charge in [-0.25, -0.2) is 0 Å². The maximum atomic E-state index is 8.80. The van der Waals surface area contributed by atoms with Gasteiger partial charge >= 0.3 is 0 Å². The molecular weight excluding hydrogens is 202 g/mol. The number of likely N-dealkylation sites (tertiary alicyclic amines) is 1. The highest BCUT2D eigenvalue weighted by molar-refractivity contribution is 5.86. The summed E-state index contributed by atoms with van der Waals surface area (Å²) in [4.78, 5) is 6.48. The molecule has 1 aliphatic rings. The van der Waals surface area contributed by atoms with Crippen LogP contribution in [0.5, 0.6) is 0 Å². The van der Waals surface area contributed by atoms with Crippen molar-refractivity contribution in [2.75, 3.05) is 13.1 Å². The second-order valence-corrected chi connectivity index (χ2v) is 4.34. The second kappa shape index (κ2) is 5.07. The number of aromatic nitrogens is 1. The van der Waals surface area contributed by atoms with E-state index in [1.165, 1.54) is 5.56 Å². The number of nitrogens with zero attached hydrogens (tertiary/aromatic N) is 3. The largest absolute Gasteiger partial charge is 0.411 e.